The highest BCUT2D eigenvalue weighted by molar-refractivity contribution is 5.88. The Hall–Kier alpha value is -4.53. The molecule has 30 N–H and O–H groups in total. The fraction of sp³-hybridized carbons (Fsp3) is 0.769. The van der Waals surface area contributed by atoms with Crippen LogP contribution < -0.4 is 86.0 Å². The molecule has 24 nitrogen and oxygen atoms in total. The fourth-order valence-electron chi connectivity index (χ4n) is 3.80. The van der Waals surface area contributed by atoms with Crippen LogP contribution in [0.4, 0.5) is 0 Å². The quantitative estimate of drug-likeness (QED) is 0.0378. The van der Waals surface area contributed by atoms with Crippen molar-refractivity contribution in [2.24, 2.45) is 136 Å². The Labute approximate surface area is 375 Å². The second-order valence-electron chi connectivity index (χ2n) is 16.0. The number of guanidine groups is 3. The number of hydrogen-bond acceptors (Lipinski definition) is 18. The molecule has 63 heavy (non-hydrogen) atoms. The zero-order chi connectivity index (χ0) is 51.5. The Morgan fingerprint density at radius 3 is 0.508 bits per heavy atom. The molecule has 24 heteroatoms. The maximum atomic E-state index is 11.2. The molecule has 0 aromatic carbocycles. The van der Waals surface area contributed by atoms with Crippen molar-refractivity contribution in [3.63, 3.8) is 0 Å². The zero-order valence-electron chi connectivity index (χ0n) is 40.1. The van der Waals surface area contributed by atoms with Crippen LogP contribution in [0.5, 0.6) is 0 Å². The van der Waals surface area contributed by atoms with Gasteiger partial charge < -0.3 is 86.0 Å². The molecule has 0 heterocycles. The smallest absolute Gasteiger partial charge is 0.185 e. The van der Waals surface area contributed by atoms with Gasteiger partial charge in [0.25, 0.3) is 0 Å². The van der Waals surface area contributed by atoms with Gasteiger partial charge in [-0.25, -0.2) is 0 Å². The highest BCUT2D eigenvalue weighted by Gasteiger charge is 2.19. The lowest BCUT2D eigenvalue weighted by molar-refractivity contribution is -0.123. The average molecular weight is 907 g/mol. The molecular weight excluding hydrogens is 817 g/mol. The van der Waals surface area contributed by atoms with Gasteiger partial charge in [0.05, 0.1) is 55.9 Å². The number of carbonyl (C=O) groups excluding carboxylic acids is 6. The molecule has 0 fully saturated rings. The van der Waals surface area contributed by atoms with E-state index < -0.39 is 36.3 Å². The van der Waals surface area contributed by atoms with Crippen LogP contribution in [-0.2, 0) is 28.8 Å². The lowest BCUT2D eigenvalue weighted by atomic mass is 10.0. The van der Waals surface area contributed by atoms with Crippen LogP contribution in [0, 0.1) is 35.5 Å². The number of ketones is 6. The summed E-state index contributed by atoms with van der Waals surface area (Å²) in [5.74, 6) is -0.299. The molecule has 0 aliphatic carbocycles. The molecule has 0 aliphatic heterocycles. The van der Waals surface area contributed by atoms with Crippen LogP contribution in [-0.4, -0.2) is 128 Å². The summed E-state index contributed by atoms with van der Waals surface area (Å²) in [5.41, 5.74) is 78.5. The minimum absolute atomic E-state index is 0.00329. The van der Waals surface area contributed by atoms with Crippen molar-refractivity contribution in [2.45, 2.75) is 119 Å². The van der Waals surface area contributed by atoms with E-state index in [9.17, 15) is 28.8 Å². The SMILES string of the molecule is CC(C)C(=O)C(N)CN.CC(C)C(=O)C(N)CN=C(N)N.CC(C)C(=O)[C@@H](N)CN.CC(C)C(=O)[C@@H](N)CN=C(N)N.CC(C)C(=O)[C@H](N)CN.CC(C)C(=O)[C@H](N)CN=C(N)N. The van der Waals surface area contributed by atoms with E-state index in [2.05, 4.69) is 15.0 Å². The lowest BCUT2D eigenvalue weighted by Crippen LogP contribution is -2.40. The Kier molecular flexibility index (Phi) is 44.8. The summed E-state index contributed by atoms with van der Waals surface area (Å²) in [7, 11) is 0. The number of hydrogen-bond donors (Lipinski definition) is 15. The van der Waals surface area contributed by atoms with E-state index in [1.54, 1.807) is 41.5 Å². The second kappa shape index (κ2) is 40.3. The number of carbonyl (C=O) groups is 6. The minimum Gasteiger partial charge on any atom is -0.370 e. The number of nitrogens with two attached hydrogens (primary N) is 15. The van der Waals surface area contributed by atoms with Gasteiger partial charge in [-0.1, -0.05) is 83.1 Å². The Morgan fingerprint density at radius 2 is 0.429 bits per heavy atom. The van der Waals surface area contributed by atoms with Crippen LogP contribution in [0.15, 0.2) is 15.0 Å². The van der Waals surface area contributed by atoms with E-state index >= 15 is 0 Å². The van der Waals surface area contributed by atoms with Gasteiger partial charge >= 0.3 is 0 Å². The van der Waals surface area contributed by atoms with Gasteiger partial charge in [0, 0.05) is 55.1 Å². The predicted molar refractivity (Wildman–Crippen MR) is 256 cm³/mol. The monoisotopic (exact) mass is 907 g/mol. The van der Waals surface area contributed by atoms with E-state index in [1.165, 1.54) is 0 Å². The van der Waals surface area contributed by atoms with E-state index in [4.69, 9.17) is 86.0 Å². The van der Waals surface area contributed by atoms with Gasteiger partial charge in [-0.05, 0) is 0 Å². The normalized spacial score (nSPS) is 13.2. The molecule has 0 radical (unpaired) electrons. The van der Waals surface area contributed by atoms with Crippen molar-refractivity contribution in [1.82, 2.24) is 0 Å². The summed E-state index contributed by atoms with van der Waals surface area (Å²) >= 11 is 0. The summed E-state index contributed by atoms with van der Waals surface area (Å²) in [6, 6.07) is -3.17. The molecule has 0 saturated carbocycles. The van der Waals surface area contributed by atoms with Crippen molar-refractivity contribution in [3.05, 3.63) is 0 Å². The largest absolute Gasteiger partial charge is 0.370 e. The first-order chi connectivity index (χ1) is 28.6. The van der Waals surface area contributed by atoms with Gasteiger partial charge in [0.15, 0.2) is 52.6 Å². The third-order valence-electron chi connectivity index (χ3n) is 7.78. The van der Waals surface area contributed by atoms with Crippen LogP contribution in [0.25, 0.3) is 0 Å². The maximum absolute atomic E-state index is 11.2. The zero-order valence-corrected chi connectivity index (χ0v) is 40.1. The van der Waals surface area contributed by atoms with Gasteiger partial charge in [-0.15, -0.1) is 0 Å². The number of Topliss-reactive ketones (excluding diaryl/α,β-unsaturated/α-hetero) is 6. The van der Waals surface area contributed by atoms with Gasteiger partial charge in [0.2, 0.25) is 0 Å². The number of aliphatic imine (C=N–C) groups is 3. The third kappa shape index (κ3) is 42.5. The van der Waals surface area contributed by atoms with Gasteiger partial charge in [0.1, 0.15) is 0 Å². The van der Waals surface area contributed by atoms with Crippen LogP contribution in [0.1, 0.15) is 83.1 Å². The first-order valence-corrected chi connectivity index (χ1v) is 20.6. The van der Waals surface area contributed by atoms with Crippen molar-refractivity contribution in [3.8, 4) is 0 Å². The molecule has 0 spiro atoms. The first-order valence-electron chi connectivity index (χ1n) is 20.6. The van der Waals surface area contributed by atoms with E-state index in [1.807, 2.05) is 41.5 Å². The molecule has 0 bridgehead atoms. The highest BCUT2D eigenvalue weighted by atomic mass is 16.1. The van der Waals surface area contributed by atoms with E-state index in [0.717, 1.165) is 0 Å². The molecular formula is C39H90N18O6. The lowest BCUT2D eigenvalue weighted by Gasteiger charge is -2.09. The minimum atomic E-state index is -0.591. The highest BCUT2D eigenvalue weighted by Crippen LogP contribution is 2.00. The average Bonchev–Trinajstić information content (AvgIpc) is 3.21. The molecule has 0 amide bonds. The van der Waals surface area contributed by atoms with Gasteiger partial charge in [-0.2, -0.15) is 0 Å². The first kappa shape index (κ1) is 70.1. The van der Waals surface area contributed by atoms with E-state index in [0.29, 0.717) is 0 Å². The molecule has 2 unspecified atom stereocenters. The molecule has 372 valence electrons. The summed E-state index contributed by atoms with van der Waals surface area (Å²) in [5, 5.41) is 0. The third-order valence-corrected chi connectivity index (χ3v) is 7.78. The topological polar surface area (TPSA) is 530 Å². The molecule has 0 aliphatic rings. The van der Waals surface area contributed by atoms with Crippen molar-refractivity contribution >= 4 is 52.6 Å². The number of rotatable bonds is 21. The summed E-state index contributed by atoms with van der Waals surface area (Å²) in [6.07, 6.45) is 0. The molecule has 6 atom stereocenters. The predicted octanol–water partition coefficient (Wildman–Crippen LogP) is -5.07. The van der Waals surface area contributed by atoms with Crippen molar-refractivity contribution in [2.75, 3.05) is 39.3 Å². The molecule has 0 aromatic heterocycles. The summed E-state index contributed by atoms with van der Waals surface area (Å²) in [4.78, 5) is 77.1. The van der Waals surface area contributed by atoms with Crippen LogP contribution in [0.3, 0.4) is 0 Å². The Balaban J connectivity index is -0.000000156. The van der Waals surface area contributed by atoms with Crippen molar-refractivity contribution in [1.29, 1.82) is 0 Å². The molecule has 0 saturated heterocycles. The van der Waals surface area contributed by atoms with Crippen molar-refractivity contribution < 1.29 is 28.8 Å². The molecule has 0 aromatic rings. The standard InChI is InChI=1S/3C7H16N4O.3C6H14N2O/c3*1-4(2)6(12)5(8)3-11-7(9)10;3*1-4(2)6(9)5(8)3-7/h3*4-5H,3,8H2,1-2H3,(H4,9,10,11);3*4-5H,3,7-8H2,1-2H3/t2*5-;;2*5-;/m10.10./s1. The number of nitrogens with zero attached hydrogens (tertiary/aromatic N) is 3. The second-order valence-corrected chi connectivity index (χ2v) is 16.0. The molecule has 0 rings (SSSR count). The Bertz CT molecular complexity index is 1210. The van der Waals surface area contributed by atoms with E-state index in [-0.39, 0.29) is 127 Å². The van der Waals surface area contributed by atoms with Crippen LogP contribution >= 0.6 is 0 Å². The maximum Gasteiger partial charge on any atom is 0.185 e. The van der Waals surface area contributed by atoms with Crippen LogP contribution in [0.2, 0.25) is 0 Å². The fourth-order valence-corrected chi connectivity index (χ4v) is 3.80. The summed E-state index contributed by atoms with van der Waals surface area (Å²) in [6.45, 7) is 22.9. The van der Waals surface area contributed by atoms with Gasteiger partial charge in [-0.3, -0.25) is 43.7 Å². The Morgan fingerprint density at radius 1 is 0.302 bits per heavy atom. The summed E-state index contributed by atoms with van der Waals surface area (Å²) < 4.78 is 0.